The second kappa shape index (κ2) is 11.8. The van der Waals surface area contributed by atoms with Crippen molar-refractivity contribution < 1.29 is 24.3 Å². The SMILES string of the molecule is Cc1cccc(CN2CCN(CCCC(N)(CCCCB(O)O)C(=O)O)CC2)c1F. The first kappa shape index (κ1) is 24.8. The Bertz CT molecular complexity index is 686. The van der Waals surface area contributed by atoms with Gasteiger partial charge in [0.1, 0.15) is 11.4 Å². The molecular formula is C21H35BFN3O4. The molecule has 30 heavy (non-hydrogen) atoms. The first-order chi connectivity index (χ1) is 14.2. The Balaban J connectivity index is 1.71. The average Bonchev–Trinajstić information content (AvgIpc) is 2.70. The van der Waals surface area contributed by atoms with Gasteiger partial charge in [0.05, 0.1) is 0 Å². The number of aliphatic carboxylic acids is 1. The van der Waals surface area contributed by atoms with Crippen LogP contribution in [0.1, 0.15) is 43.2 Å². The van der Waals surface area contributed by atoms with Crippen LogP contribution in [0, 0.1) is 12.7 Å². The zero-order chi connectivity index (χ0) is 22.1. The lowest BCUT2D eigenvalue weighted by atomic mass is 9.81. The zero-order valence-corrected chi connectivity index (χ0v) is 17.9. The summed E-state index contributed by atoms with van der Waals surface area (Å²) in [5.41, 5.74) is 6.25. The standard InChI is InChI=1S/C21H35BFN3O4/c1-17-6-4-7-18(19(17)23)16-26-14-12-25(13-15-26)11-5-9-21(24,20(27)28)8-2-3-10-22(29)30/h4,6-7,29-30H,2-3,5,8-16,24H2,1H3,(H,27,28). The van der Waals surface area contributed by atoms with E-state index in [-0.39, 0.29) is 12.1 Å². The van der Waals surface area contributed by atoms with Gasteiger partial charge in [-0.15, -0.1) is 0 Å². The van der Waals surface area contributed by atoms with E-state index >= 15 is 0 Å². The topological polar surface area (TPSA) is 110 Å². The number of unbranched alkanes of at least 4 members (excludes halogenated alkanes) is 1. The summed E-state index contributed by atoms with van der Waals surface area (Å²) < 4.78 is 14.2. The molecule has 168 valence electrons. The van der Waals surface area contributed by atoms with Gasteiger partial charge < -0.3 is 25.8 Å². The third kappa shape index (κ3) is 7.63. The van der Waals surface area contributed by atoms with Gasteiger partial charge in [-0.1, -0.05) is 31.0 Å². The van der Waals surface area contributed by atoms with Gasteiger partial charge in [0.25, 0.3) is 0 Å². The molecule has 5 N–H and O–H groups in total. The van der Waals surface area contributed by atoms with Crippen LogP contribution in [0.15, 0.2) is 18.2 Å². The summed E-state index contributed by atoms with van der Waals surface area (Å²) in [6, 6.07) is 5.50. The van der Waals surface area contributed by atoms with Crippen molar-refractivity contribution in [2.75, 3.05) is 32.7 Å². The highest BCUT2D eigenvalue weighted by molar-refractivity contribution is 6.40. The Kier molecular flexibility index (Phi) is 9.70. The van der Waals surface area contributed by atoms with Crippen molar-refractivity contribution in [3.05, 3.63) is 35.1 Å². The van der Waals surface area contributed by atoms with E-state index in [9.17, 15) is 14.3 Å². The van der Waals surface area contributed by atoms with Gasteiger partial charge >= 0.3 is 13.1 Å². The van der Waals surface area contributed by atoms with Gasteiger partial charge in [-0.3, -0.25) is 9.69 Å². The Morgan fingerprint density at radius 3 is 2.40 bits per heavy atom. The van der Waals surface area contributed by atoms with Crippen LogP contribution in [0.25, 0.3) is 0 Å². The lowest BCUT2D eigenvalue weighted by Crippen LogP contribution is -2.49. The largest absolute Gasteiger partial charge is 0.480 e. The van der Waals surface area contributed by atoms with Crippen LogP contribution in [0.5, 0.6) is 0 Å². The summed E-state index contributed by atoms with van der Waals surface area (Å²) in [5.74, 6) is -1.13. The summed E-state index contributed by atoms with van der Waals surface area (Å²) in [6.07, 6.45) is 2.72. The highest BCUT2D eigenvalue weighted by atomic mass is 19.1. The number of aryl methyl sites for hydroxylation is 1. The predicted octanol–water partition coefficient (Wildman–Crippen LogP) is 1.46. The summed E-state index contributed by atoms with van der Waals surface area (Å²) in [4.78, 5) is 16.2. The number of carboxylic acid groups (broad SMARTS) is 1. The molecule has 1 unspecified atom stereocenters. The molecule has 1 atom stereocenters. The van der Waals surface area contributed by atoms with E-state index in [2.05, 4.69) is 9.80 Å². The van der Waals surface area contributed by atoms with Crippen LogP contribution in [-0.4, -0.2) is 76.3 Å². The van der Waals surface area contributed by atoms with Crippen molar-refractivity contribution in [1.82, 2.24) is 9.80 Å². The fraction of sp³-hybridized carbons (Fsp3) is 0.667. The minimum Gasteiger partial charge on any atom is -0.480 e. The average molecular weight is 423 g/mol. The van der Waals surface area contributed by atoms with Gasteiger partial charge in [0, 0.05) is 38.3 Å². The lowest BCUT2D eigenvalue weighted by molar-refractivity contribution is -0.144. The molecule has 0 aromatic heterocycles. The van der Waals surface area contributed by atoms with E-state index < -0.39 is 18.6 Å². The highest BCUT2D eigenvalue weighted by Crippen LogP contribution is 2.20. The van der Waals surface area contributed by atoms with Crippen molar-refractivity contribution in [2.45, 2.75) is 57.4 Å². The van der Waals surface area contributed by atoms with E-state index in [0.29, 0.717) is 44.2 Å². The highest BCUT2D eigenvalue weighted by Gasteiger charge is 2.33. The molecular weight excluding hydrogens is 388 g/mol. The number of benzene rings is 1. The Labute approximate surface area is 178 Å². The van der Waals surface area contributed by atoms with Crippen molar-refractivity contribution in [2.24, 2.45) is 5.73 Å². The van der Waals surface area contributed by atoms with E-state index in [0.717, 1.165) is 38.3 Å². The molecule has 7 nitrogen and oxygen atoms in total. The smallest absolute Gasteiger partial charge is 0.451 e. The number of halogens is 1. The summed E-state index contributed by atoms with van der Waals surface area (Å²) in [6.45, 7) is 6.61. The molecule has 0 spiro atoms. The number of carbonyl (C=O) groups is 1. The predicted molar refractivity (Wildman–Crippen MR) is 115 cm³/mol. The fourth-order valence-electron chi connectivity index (χ4n) is 3.97. The number of nitrogens with two attached hydrogens (primary N) is 1. The zero-order valence-electron chi connectivity index (χ0n) is 17.9. The van der Waals surface area contributed by atoms with E-state index in [1.807, 2.05) is 12.1 Å². The molecule has 0 amide bonds. The molecule has 0 saturated carbocycles. The molecule has 0 radical (unpaired) electrons. The van der Waals surface area contributed by atoms with Crippen LogP contribution in [-0.2, 0) is 11.3 Å². The van der Waals surface area contributed by atoms with Crippen molar-refractivity contribution >= 4 is 13.1 Å². The second-order valence-corrected chi connectivity index (χ2v) is 8.46. The molecule has 0 bridgehead atoms. The number of rotatable bonds is 12. The van der Waals surface area contributed by atoms with Gasteiger partial charge in [-0.05, 0) is 44.6 Å². The van der Waals surface area contributed by atoms with Crippen molar-refractivity contribution in [3.63, 3.8) is 0 Å². The van der Waals surface area contributed by atoms with Crippen LogP contribution >= 0.6 is 0 Å². The minimum atomic E-state index is -1.36. The van der Waals surface area contributed by atoms with Gasteiger partial charge in [0.15, 0.2) is 0 Å². The molecule has 0 aliphatic carbocycles. The lowest BCUT2D eigenvalue weighted by Gasteiger charge is -2.35. The number of hydrogen-bond donors (Lipinski definition) is 4. The molecule has 2 rings (SSSR count). The molecule has 1 heterocycles. The van der Waals surface area contributed by atoms with Gasteiger partial charge in [0.2, 0.25) is 0 Å². The number of piperazine rings is 1. The molecule has 1 aromatic carbocycles. The summed E-state index contributed by atoms with van der Waals surface area (Å²) in [7, 11) is -1.36. The molecule has 1 aromatic rings. The van der Waals surface area contributed by atoms with Crippen molar-refractivity contribution in [3.8, 4) is 0 Å². The van der Waals surface area contributed by atoms with E-state index in [1.54, 1.807) is 13.0 Å². The van der Waals surface area contributed by atoms with Crippen LogP contribution < -0.4 is 5.73 Å². The van der Waals surface area contributed by atoms with E-state index in [1.165, 1.54) is 0 Å². The Hall–Kier alpha value is -1.52. The maximum atomic E-state index is 14.2. The van der Waals surface area contributed by atoms with Crippen LogP contribution in [0.3, 0.4) is 0 Å². The van der Waals surface area contributed by atoms with Gasteiger partial charge in [-0.25, -0.2) is 4.39 Å². The fourth-order valence-corrected chi connectivity index (χ4v) is 3.97. The molecule has 9 heteroatoms. The molecule has 1 aliphatic rings. The van der Waals surface area contributed by atoms with Gasteiger partial charge in [-0.2, -0.15) is 0 Å². The van der Waals surface area contributed by atoms with Crippen LogP contribution in [0.4, 0.5) is 4.39 Å². The third-order valence-corrected chi connectivity index (χ3v) is 5.99. The third-order valence-electron chi connectivity index (χ3n) is 5.99. The molecule has 1 fully saturated rings. The normalized spacial score (nSPS) is 17.6. The van der Waals surface area contributed by atoms with E-state index in [4.69, 9.17) is 15.8 Å². The quantitative estimate of drug-likeness (QED) is 0.298. The number of carboxylic acids is 1. The summed E-state index contributed by atoms with van der Waals surface area (Å²) in [5, 5.41) is 27.3. The Morgan fingerprint density at radius 1 is 1.13 bits per heavy atom. The monoisotopic (exact) mass is 423 g/mol. The molecule has 1 aliphatic heterocycles. The number of hydrogen-bond acceptors (Lipinski definition) is 6. The number of nitrogens with zero attached hydrogens (tertiary/aromatic N) is 2. The molecule has 1 saturated heterocycles. The maximum absolute atomic E-state index is 14.2. The maximum Gasteiger partial charge on any atom is 0.451 e. The first-order valence-electron chi connectivity index (χ1n) is 10.8. The Morgan fingerprint density at radius 2 is 1.77 bits per heavy atom. The first-order valence-corrected chi connectivity index (χ1v) is 10.8. The van der Waals surface area contributed by atoms with Crippen LogP contribution in [0.2, 0.25) is 6.32 Å². The minimum absolute atomic E-state index is 0.124. The second-order valence-electron chi connectivity index (χ2n) is 8.46. The van der Waals surface area contributed by atoms with Crippen molar-refractivity contribution in [1.29, 1.82) is 0 Å². The summed E-state index contributed by atoms with van der Waals surface area (Å²) >= 11 is 0.